The number of aliphatic hydroxyl groups is 1. The summed E-state index contributed by atoms with van der Waals surface area (Å²) < 4.78 is 13.4. The number of nitrogen functional groups attached to an aromatic ring is 1. The quantitative estimate of drug-likeness (QED) is 0.112. The maximum atomic E-state index is 14.5. The second-order valence-corrected chi connectivity index (χ2v) is 25.0. The van der Waals surface area contributed by atoms with Crippen molar-refractivity contribution in [1.29, 1.82) is 0 Å². The minimum atomic E-state index is -0.798. The van der Waals surface area contributed by atoms with Gasteiger partial charge in [-0.1, -0.05) is 53.3 Å². The number of hydrogen-bond acceptors (Lipinski definition) is 13. The number of pyridine rings is 1. The molecule has 1 aromatic heterocycles. The number of aromatic nitrogens is 1. The van der Waals surface area contributed by atoms with Crippen molar-refractivity contribution in [3.05, 3.63) is 58.8 Å². The predicted molar refractivity (Wildman–Crippen MR) is 267 cm³/mol. The molecule has 7 N–H and O–H groups in total. The molecular formula is C53H74N6O6S2. The number of aliphatic imine (C=N–C) groups is 1. The van der Waals surface area contributed by atoms with Crippen LogP contribution in [0.1, 0.15) is 170 Å². The number of nitrogens with two attached hydrogens (primary N) is 2. The summed E-state index contributed by atoms with van der Waals surface area (Å²) in [5, 5.41) is 28.1. The Bertz CT molecular complexity index is 2250. The molecule has 12 nitrogen and oxygen atoms in total. The van der Waals surface area contributed by atoms with Crippen LogP contribution in [0.25, 0.3) is 0 Å². The number of hydrogen-bond donors (Lipinski definition) is 5. The molecule has 5 aliphatic heterocycles. The summed E-state index contributed by atoms with van der Waals surface area (Å²) in [7, 11) is 3.97. The number of esters is 1. The fourth-order valence-corrected chi connectivity index (χ4v) is 18.2. The van der Waals surface area contributed by atoms with Gasteiger partial charge in [0.25, 0.3) is 0 Å². The summed E-state index contributed by atoms with van der Waals surface area (Å²) >= 11 is 0. The highest BCUT2D eigenvalue weighted by Gasteiger charge is 2.57. The van der Waals surface area contributed by atoms with E-state index >= 15 is 0 Å². The Morgan fingerprint density at radius 3 is 2.66 bits per heavy atom. The maximum Gasteiger partial charge on any atom is 0.303 e. The lowest BCUT2D eigenvalue weighted by Gasteiger charge is -2.44. The number of anilines is 1. The van der Waals surface area contributed by atoms with E-state index in [0.29, 0.717) is 87.0 Å². The lowest BCUT2D eigenvalue weighted by molar-refractivity contribution is -0.168. The van der Waals surface area contributed by atoms with E-state index < -0.39 is 22.7 Å². The average Bonchev–Trinajstić information content (AvgIpc) is 4.04. The van der Waals surface area contributed by atoms with Crippen LogP contribution in [0.4, 0.5) is 5.82 Å². The van der Waals surface area contributed by atoms with Crippen molar-refractivity contribution in [2.75, 3.05) is 24.6 Å². The number of amides is 1. The number of aliphatic hydroxyl groups excluding tert-OH is 1. The van der Waals surface area contributed by atoms with Crippen molar-refractivity contribution >= 4 is 45.2 Å². The first kappa shape index (κ1) is 47.1. The van der Waals surface area contributed by atoms with Gasteiger partial charge in [-0.25, -0.2) is 4.98 Å². The third kappa shape index (κ3) is 9.30. The molecule has 1 aromatic carbocycles. The highest BCUT2D eigenvalue weighted by molar-refractivity contribution is 8.77. The summed E-state index contributed by atoms with van der Waals surface area (Å²) in [4.78, 5) is 38.4. The summed E-state index contributed by atoms with van der Waals surface area (Å²) in [6.45, 7) is 2.66. The highest BCUT2D eigenvalue weighted by atomic mass is 33.1. The van der Waals surface area contributed by atoms with Gasteiger partial charge in [0.05, 0.1) is 6.10 Å². The molecule has 2 aromatic rings. The molecule has 8 atom stereocenters. The van der Waals surface area contributed by atoms with E-state index in [1.54, 1.807) is 6.20 Å². The van der Waals surface area contributed by atoms with E-state index in [1.807, 2.05) is 38.6 Å². The molecule has 10 aliphatic rings. The molecule has 67 heavy (non-hydrogen) atoms. The zero-order valence-electron chi connectivity index (χ0n) is 39.7. The summed E-state index contributed by atoms with van der Waals surface area (Å²) in [5.41, 5.74) is 15.4. The number of aromatic hydroxyl groups is 1. The highest BCUT2D eigenvalue weighted by Crippen LogP contribution is 2.63. The van der Waals surface area contributed by atoms with Crippen LogP contribution in [0.15, 0.2) is 41.5 Å². The minimum absolute atomic E-state index is 0.0310. The number of aryl methyl sites for hydroxylation is 1. The van der Waals surface area contributed by atoms with Crippen molar-refractivity contribution < 1.29 is 29.3 Å². The van der Waals surface area contributed by atoms with Crippen LogP contribution in [-0.2, 0) is 33.7 Å². The molecule has 4 saturated carbocycles. The number of phenolic OH excluding ortho intramolecular Hbond substituents is 1. The molecule has 5 aliphatic carbocycles. The lowest BCUT2D eigenvalue weighted by Crippen LogP contribution is -2.55. The molecule has 3 spiro atoms. The zero-order valence-corrected chi connectivity index (χ0v) is 41.3. The van der Waals surface area contributed by atoms with E-state index in [1.165, 1.54) is 45.4 Å². The van der Waals surface area contributed by atoms with Crippen molar-refractivity contribution in [1.82, 2.24) is 15.2 Å². The predicted octanol–water partition coefficient (Wildman–Crippen LogP) is 9.39. The Hall–Kier alpha value is -3.62. The van der Waals surface area contributed by atoms with Crippen LogP contribution in [0.3, 0.4) is 0 Å². The van der Waals surface area contributed by atoms with Gasteiger partial charge in [-0.05, 0) is 150 Å². The number of phenols is 1. The smallest absolute Gasteiger partial charge is 0.303 e. The largest absolute Gasteiger partial charge is 0.504 e. The molecule has 1 saturated heterocycles. The first-order chi connectivity index (χ1) is 32.3. The van der Waals surface area contributed by atoms with Crippen LogP contribution < -0.4 is 21.5 Å². The Morgan fingerprint density at radius 1 is 0.985 bits per heavy atom. The standard InChI is InChI=1S/C53H74N6O6S2/c1-35(60)64-51-20-11-37(42(61)31-51)9-3-2-6-26-66-67-53(19-8-17-50(53)15-4-5-16-50)58-48(55)57-25-23-49(30-36-14-24-56-43(54)27-36)32-44(62)59(34-49)33-40-28-38(12-21-51)45-39-13-22-52(65-47(45)46(40)63)18-7-10-41(52)29-39/h13-14,22,24,27-28,37,39,41-42,61,63H,2-12,15-21,23,25-26,29-34H2,1H3,(H2,54,56)(H3,55,57,58)/t37-,39-,41+,42+,49-,51+,52+,53-/m0/s1. The van der Waals surface area contributed by atoms with Crippen LogP contribution >= 0.6 is 21.6 Å². The fraction of sp³-hybridized carbons (Fsp3) is 0.698. The average molecular weight is 955 g/mol. The van der Waals surface area contributed by atoms with E-state index in [9.17, 15) is 19.8 Å². The number of benzene rings is 1. The molecule has 0 unspecified atom stereocenters. The third-order valence-electron chi connectivity index (χ3n) is 17.9. The van der Waals surface area contributed by atoms with Crippen molar-refractivity contribution in [2.45, 2.75) is 189 Å². The molecule has 5 fully saturated rings. The monoisotopic (exact) mass is 955 g/mol. The van der Waals surface area contributed by atoms with Gasteiger partial charge in [-0.2, -0.15) is 0 Å². The minimum Gasteiger partial charge on any atom is -0.504 e. The van der Waals surface area contributed by atoms with E-state index in [0.717, 1.165) is 86.7 Å². The Kier molecular flexibility index (Phi) is 13.3. The number of allylic oxidation sites excluding steroid dienone is 1. The van der Waals surface area contributed by atoms with E-state index in [2.05, 4.69) is 28.5 Å². The first-order valence-electron chi connectivity index (χ1n) is 25.8. The van der Waals surface area contributed by atoms with E-state index in [-0.39, 0.29) is 46.3 Å². The van der Waals surface area contributed by atoms with Gasteiger partial charge in [0.15, 0.2) is 17.5 Å². The first-order valence-corrected chi connectivity index (χ1v) is 28.1. The van der Waals surface area contributed by atoms with Crippen molar-refractivity contribution in [3.8, 4) is 11.5 Å². The van der Waals surface area contributed by atoms with Gasteiger partial charge in [-0.15, -0.1) is 0 Å². The van der Waals surface area contributed by atoms with Crippen LogP contribution in [0, 0.1) is 22.7 Å². The summed E-state index contributed by atoms with van der Waals surface area (Å²) in [6.07, 6.45) is 27.1. The molecular weight excluding hydrogens is 881 g/mol. The second-order valence-electron chi connectivity index (χ2n) is 22.2. The molecule has 12 rings (SSSR count). The topological polar surface area (TPSA) is 186 Å². The number of rotatable bonds is 3. The van der Waals surface area contributed by atoms with Gasteiger partial charge < -0.3 is 41.4 Å². The molecule has 14 heteroatoms. The number of nitrogens with one attached hydrogen (secondary N) is 1. The summed E-state index contributed by atoms with van der Waals surface area (Å²) in [6, 6.07) is 6.00. The van der Waals surface area contributed by atoms with Crippen LogP contribution in [0.2, 0.25) is 0 Å². The van der Waals surface area contributed by atoms with Gasteiger partial charge in [0, 0.05) is 85.1 Å². The molecule has 0 radical (unpaired) electrons. The normalized spacial score (nSPS) is 35.5. The molecule has 8 bridgehead atoms. The number of nitrogens with zero attached hydrogens (tertiary/aromatic N) is 3. The Labute approximate surface area is 405 Å². The van der Waals surface area contributed by atoms with Gasteiger partial charge >= 0.3 is 5.97 Å². The van der Waals surface area contributed by atoms with Gasteiger partial charge in [-0.3, -0.25) is 14.6 Å². The summed E-state index contributed by atoms with van der Waals surface area (Å²) in [5.74, 6) is 2.98. The number of guanidine groups is 1. The second kappa shape index (κ2) is 18.9. The van der Waals surface area contributed by atoms with Gasteiger partial charge in [0.2, 0.25) is 5.91 Å². The fourth-order valence-electron chi connectivity index (χ4n) is 14.6. The number of carbonyl (C=O) groups is 2. The van der Waals surface area contributed by atoms with Crippen LogP contribution in [-0.4, -0.2) is 79.0 Å². The molecule has 6 heterocycles. The Morgan fingerprint density at radius 2 is 1.84 bits per heavy atom. The Balaban J connectivity index is 0.998. The zero-order chi connectivity index (χ0) is 46.4. The number of ether oxygens (including phenoxy) is 2. The molecule has 1 amide bonds. The lowest BCUT2D eigenvalue weighted by atomic mass is 9.72. The van der Waals surface area contributed by atoms with Crippen molar-refractivity contribution in [3.63, 3.8) is 0 Å². The van der Waals surface area contributed by atoms with E-state index in [4.69, 9.17) is 25.9 Å². The SMILES string of the molecule is CC(=O)O[C@@]12CCc3cc(c(O)c4c3[C@H]3C=C[C@@]5(CCC[C@@H]5C3)O4)CN3C[C@](Cc4ccnc(N)c4)(CCN=C(N)N[C@@]4(CCCC45CCCC5)SSCCCCC[C@@H](CC1)[C@H](O)C2)CC3=O. The maximum absolute atomic E-state index is 14.5. The number of fused-ring (bicyclic) bond motifs is 12. The molecule has 364 valence electrons. The number of carbonyl (C=O) groups excluding carboxylic acids is 2. The van der Waals surface area contributed by atoms with Crippen LogP contribution in [0.5, 0.6) is 11.5 Å². The van der Waals surface area contributed by atoms with Crippen molar-refractivity contribution in [2.24, 2.45) is 33.4 Å². The van der Waals surface area contributed by atoms with Gasteiger partial charge in [0.1, 0.15) is 21.9 Å². The third-order valence-corrected chi connectivity index (χ3v) is 21.2.